The van der Waals surface area contributed by atoms with Crippen LogP contribution in [0.15, 0.2) is 42.5 Å². The lowest BCUT2D eigenvalue weighted by atomic mass is 10.1. The van der Waals surface area contributed by atoms with Crippen LogP contribution in [0.3, 0.4) is 0 Å². The third-order valence-electron chi connectivity index (χ3n) is 5.00. The maximum atomic E-state index is 12.8. The van der Waals surface area contributed by atoms with Crippen molar-refractivity contribution in [2.45, 2.75) is 0 Å². The minimum atomic E-state index is -0.351. The summed E-state index contributed by atoms with van der Waals surface area (Å²) < 4.78 is 4.94. The number of piperazine rings is 1. The van der Waals surface area contributed by atoms with Crippen molar-refractivity contribution in [2.75, 3.05) is 49.1 Å². The molecule has 8 heteroatoms. The SMILES string of the molecule is O=C(c1ccc(N2CCOC2=O)cc1)N1CCN(c2ccc(Cl)cc2Cl)CC1. The Labute approximate surface area is 173 Å². The van der Waals surface area contributed by atoms with Gasteiger partial charge < -0.3 is 14.5 Å². The first-order chi connectivity index (χ1) is 13.5. The molecule has 0 radical (unpaired) electrons. The molecule has 0 bridgehead atoms. The Morgan fingerprint density at radius 3 is 2.25 bits per heavy atom. The normalized spacial score (nSPS) is 17.1. The monoisotopic (exact) mass is 419 g/mol. The summed E-state index contributed by atoms with van der Waals surface area (Å²) in [4.78, 5) is 30.0. The smallest absolute Gasteiger partial charge is 0.414 e. The minimum Gasteiger partial charge on any atom is -0.447 e. The molecule has 0 aliphatic carbocycles. The van der Waals surface area contributed by atoms with E-state index in [0.29, 0.717) is 54.9 Å². The summed E-state index contributed by atoms with van der Waals surface area (Å²) in [5, 5.41) is 1.22. The molecular weight excluding hydrogens is 401 g/mol. The second-order valence-corrected chi connectivity index (χ2v) is 7.53. The summed E-state index contributed by atoms with van der Waals surface area (Å²) in [6, 6.07) is 12.5. The molecule has 2 amide bonds. The van der Waals surface area contributed by atoms with Crippen LogP contribution in [-0.2, 0) is 4.74 Å². The van der Waals surface area contributed by atoms with Gasteiger partial charge in [-0.2, -0.15) is 0 Å². The van der Waals surface area contributed by atoms with E-state index in [0.717, 1.165) is 11.4 Å². The van der Waals surface area contributed by atoms with Crippen LogP contribution in [-0.4, -0.2) is 56.2 Å². The van der Waals surface area contributed by atoms with E-state index >= 15 is 0 Å². The number of anilines is 2. The molecule has 0 spiro atoms. The van der Waals surface area contributed by atoms with Crippen LogP contribution in [0.4, 0.5) is 16.2 Å². The van der Waals surface area contributed by atoms with Gasteiger partial charge in [-0.25, -0.2) is 4.79 Å². The van der Waals surface area contributed by atoms with E-state index in [-0.39, 0.29) is 12.0 Å². The predicted molar refractivity (Wildman–Crippen MR) is 110 cm³/mol. The van der Waals surface area contributed by atoms with Gasteiger partial charge in [0.05, 0.1) is 17.3 Å². The average molecular weight is 420 g/mol. The molecule has 0 unspecified atom stereocenters. The number of ether oxygens (including phenoxy) is 1. The van der Waals surface area contributed by atoms with E-state index in [2.05, 4.69) is 4.90 Å². The zero-order chi connectivity index (χ0) is 19.7. The van der Waals surface area contributed by atoms with Gasteiger partial charge in [-0.1, -0.05) is 23.2 Å². The summed E-state index contributed by atoms with van der Waals surface area (Å²) in [6.45, 7) is 3.54. The van der Waals surface area contributed by atoms with Crippen molar-refractivity contribution in [1.29, 1.82) is 0 Å². The standard InChI is InChI=1S/C20H19Cl2N3O3/c21-15-3-6-18(17(22)13-15)23-7-9-24(10-8-23)19(26)14-1-4-16(5-2-14)25-11-12-28-20(25)27/h1-6,13H,7-12H2. The highest BCUT2D eigenvalue weighted by atomic mass is 35.5. The maximum Gasteiger partial charge on any atom is 0.414 e. The number of benzene rings is 2. The van der Waals surface area contributed by atoms with Gasteiger partial charge in [0.25, 0.3) is 5.91 Å². The molecule has 0 saturated carbocycles. The Balaban J connectivity index is 1.39. The minimum absolute atomic E-state index is 0.0163. The van der Waals surface area contributed by atoms with Crippen LogP contribution in [0.1, 0.15) is 10.4 Å². The molecule has 2 aliphatic rings. The number of hydrogen-bond donors (Lipinski definition) is 0. The van der Waals surface area contributed by atoms with Crippen LogP contribution in [0, 0.1) is 0 Å². The van der Waals surface area contributed by atoms with Crippen molar-refractivity contribution >= 4 is 46.6 Å². The Hall–Kier alpha value is -2.44. The van der Waals surface area contributed by atoms with Gasteiger partial charge in [-0.05, 0) is 42.5 Å². The molecule has 2 aromatic carbocycles. The first-order valence-electron chi connectivity index (χ1n) is 9.06. The highest BCUT2D eigenvalue weighted by Gasteiger charge is 2.25. The number of carbonyl (C=O) groups excluding carboxylic acids is 2. The summed E-state index contributed by atoms with van der Waals surface area (Å²) in [7, 11) is 0. The summed E-state index contributed by atoms with van der Waals surface area (Å²) in [6.07, 6.45) is -0.351. The van der Waals surface area contributed by atoms with Gasteiger partial charge in [-0.3, -0.25) is 9.69 Å². The lowest BCUT2D eigenvalue weighted by Crippen LogP contribution is -2.48. The molecule has 28 heavy (non-hydrogen) atoms. The van der Waals surface area contributed by atoms with Crippen molar-refractivity contribution in [3.05, 3.63) is 58.1 Å². The van der Waals surface area contributed by atoms with E-state index in [1.54, 1.807) is 35.2 Å². The highest BCUT2D eigenvalue weighted by Crippen LogP contribution is 2.29. The molecule has 146 valence electrons. The molecule has 2 aromatic rings. The second kappa shape index (κ2) is 7.89. The number of rotatable bonds is 3. The van der Waals surface area contributed by atoms with Crippen LogP contribution >= 0.6 is 23.2 Å². The molecule has 0 N–H and O–H groups in total. The molecule has 0 aromatic heterocycles. The highest BCUT2D eigenvalue weighted by molar-refractivity contribution is 6.36. The Bertz CT molecular complexity index is 896. The fourth-order valence-electron chi connectivity index (χ4n) is 3.48. The van der Waals surface area contributed by atoms with Crippen LogP contribution in [0.25, 0.3) is 0 Å². The fraction of sp³-hybridized carbons (Fsp3) is 0.300. The maximum absolute atomic E-state index is 12.8. The fourth-order valence-corrected chi connectivity index (χ4v) is 4.01. The zero-order valence-corrected chi connectivity index (χ0v) is 16.6. The molecule has 0 atom stereocenters. The molecule has 2 fully saturated rings. The van der Waals surface area contributed by atoms with Gasteiger partial charge in [0.15, 0.2) is 0 Å². The third kappa shape index (κ3) is 3.75. The first-order valence-corrected chi connectivity index (χ1v) is 9.82. The Morgan fingerprint density at radius 1 is 0.929 bits per heavy atom. The van der Waals surface area contributed by atoms with Crippen molar-refractivity contribution in [3.8, 4) is 0 Å². The van der Waals surface area contributed by atoms with Crippen LogP contribution in [0.5, 0.6) is 0 Å². The van der Waals surface area contributed by atoms with Gasteiger partial charge in [0.2, 0.25) is 0 Å². The van der Waals surface area contributed by atoms with E-state index in [4.69, 9.17) is 27.9 Å². The van der Waals surface area contributed by atoms with Crippen LogP contribution < -0.4 is 9.80 Å². The summed E-state index contributed by atoms with van der Waals surface area (Å²) in [5.41, 5.74) is 2.27. The molecule has 6 nitrogen and oxygen atoms in total. The number of amides is 2. The Morgan fingerprint density at radius 2 is 1.64 bits per heavy atom. The topological polar surface area (TPSA) is 53.1 Å². The molecule has 2 saturated heterocycles. The zero-order valence-electron chi connectivity index (χ0n) is 15.1. The van der Waals surface area contributed by atoms with Crippen molar-refractivity contribution in [3.63, 3.8) is 0 Å². The van der Waals surface area contributed by atoms with Crippen molar-refractivity contribution < 1.29 is 14.3 Å². The van der Waals surface area contributed by atoms with E-state index in [1.807, 2.05) is 17.0 Å². The predicted octanol–water partition coefficient (Wildman–Crippen LogP) is 3.91. The largest absolute Gasteiger partial charge is 0.447 e. The number of halogens is 2. The van der Waals surface area contributed by atoms with E-state index < -0.39 is 0 Å². The van der Waals surface area contributed by atoms with E-state index in [1.165, 1.54) is 0 Å². The Kier molecular flexibility index (Phi) is 5.33. The second-order valence-electron chi connectivity index (χ2n) is 6.69. The third-order valence-corrected chi connectivity index (χ3v) is 5.54. The molecular formula is C20H19Cl2N3O3. The molecule has 2 heterocycles. The van der Waals surface area contributed by atoms with Gasteiger partial charge in [-0.15, -0.1) is 0 Å². The number of nitrogens with zero attached hydrogens (tertiary/aromatic N) is 3. The summed E-state index contributed by atoms with van der Waals surface area (Å²) >= 11 is 12.3. The first kappa shape index (κ1) is 18.9. The quantitative estimate of drug-likeness (QED) is 0.756. The van der Waals surface area contributed by atoms with E-state index in [9.17, 15) is 9.59 Å². The summed E-state index contributed by atoms with van der Waals surface area (Å²) in [5.74, 6) is -0.0163. The molecule has 2 aliphatic heterocycles. The number of cyclic esters (lactones) is 1. The van der Waals surface area contributed by atoms with Crippen LogP contribution in [0.2, 0.25) is 10.0 Å². The van der Waals surface area contributed by atoms with Crippen molar-refractivity contribution in [2.24, 2.45) is 0 Å². The number of carbonyl (C=O) groups is 2. The van der Waals surface area contributed by atoms with Gasteiger partial charge in [0, 0.05) is 42.5 Å². The number of hydrogen-bond acceptors (Lipinski definition) is 4. The molecule has 4 rings (SSSR count). The lowest BCUT2D eigenvalue weighted by Gasteiger charge is -2.36. The van der Waals surface area contributed by atoms with Gasteiger partial charge in [0.1, 0.15) is 6.61 Å². The van der Waals surface area contributed by atoms with Gasteiger partial charge >= 0.3 is 6.09 Å². The lowest BCUT2D eigenvalue weighted by molar-refractivity contribution is 0.0747. The average Bonchev–Trinajstić information content (AvgIpc) is 3.14. The van der Waals surface area contributed by atoms with Crippen molar-refractivity contribution in [1.82, 2.24) is 4.90 Å².